The highest BCUT2D eigenvalue weighted by molar-refractivity contribution is 7.89. The first-order chi connectivity index (χ1) is 13.0. The first kappa shape index (κ1) is 21.5. The van der Waals surface area contributed by atoms with E-state index < -0.39 is 33.3 Å². The van der Waals surface area contributed by atoms with Crippen molar-refractivity contribution in [2.45, 2.75) is 94.3 Å². The number of nitrogens with zero attached hydrogens (tertiary/aromatic N) is 2. The van der Waals surface area contributed by atoms with Crippen LogP contribution in [0.15, 0.2) is 0 Å². The van der Waals surface area contributed by atoms with Gasteiger partial charge in [0.05, 0.1) is 10.9 Å². The average molecular weight is 425 g/mol. The van der Waals surface area contributed by atoms with Crippen LogP contribution in [0.3, 0.4) is 0 Å². The molecule has 160 valence electrons. The summed E-state index contributed by atoms with van der Waals surface area (Å²) in [4.78, 5) is 0. The fourth-order valence-corrected chi connectivity index (χ4v) is 5.66. The number of alkyl halides is 4. The summed E-state index contributed by atoms with van der Waals surface area (Å²) in [7, 11) is -3.65. The van der Waals surface area contributed by atoms with Crippen molar-refractivity contribution in [2.24, 2.45) is 5.14 Å². The summed E-state index contributed by atoms with van der Waals surface area (Å²) in [5.74, 6) is -0.597. The van der Waals surface area contributed by atoms with Crippen molar-refractivity contribution in [3.63, 3.8) is 0 Å². The van der Waals surface area contributed by atoms with Crippen molar-refractivity contribution in [3.05, 3.63) is 17.0 Å². The van der Waals surface area contributed by atoms with E-state index in [1.54, 1.807) is 6.92 Å². The lowest BCUT2D eigenvalue weighted by Gasteiger charge is -2.30. The van der Waals surface area contributed by atoms with Gasteiger partial charge in [-0.1, -0.05) is 0 Å². The molecule has 0 saturated heterocycles. The Morgan fingerprint density at radius 3 is 2.04 bits per heavy atom. The molecule has 0 spiro atoms. The van der Waals surface area contributed by atoms with Crippen molar-refractivity contribution >= 4 is 10.0 Å². The average Bonchev–Trinajstić information content (AvgIpc) is 3.02. The van der Waals surface area contributed by atoms with Crippen LogP contribution in [0.4, 0.5) is 17.6 Å². The molecule has 1 aromatic heterocycles. The molecule has 0 unspecified atom stereocenters. The molecule has 5 nitrogen and oxygen atoms in total. The molecule has 1 heterocycles. The quantitative estimate of drug-likeness (QED) is 0.734. The molecule has 2 aliphatic carbocycles. The van der Waals surface area contributed by atoms with E-state index in [0.29, 0.717) is 44.2 Å². The molecule has 2 saturated carbocycles. The van der Waals surface area contributed by atoms with E-state index in [4.69, 9.17) is 5.14 Å². The number of sulfonamides is 1. The fraction of sp³-hybridized carbons (Fsp3) is 0.833. The number of hydrogen-bond donors (Lipinski definition) is 1. The number of aromatic nitrogens is 2. The van der Waals surface area contributed by atoms with Gasteiger partial charge in [-0.05, 0) is 64.2 Å². The molecule has 0 radical (unpaired) electrons. The van der Waals surface area contributed by atoms with Gasteiger partial charge in [0.2, 0.25) is 10.0 Å². The molecule has 2 aliphatic rings. The highest BCUT2D eigenvalue weighted by Gasteiger charge is 2.44. The molecule has 0 atom stereocenters. The van der Waals surface area contributed by atoms with Gasteiger partial charge in [0, 0.05) is 18.0 Å². The normalized spacial score (nSPS) is 29.8. The summed E-state index contributed by atoms with van der Waals surface area (Å²) < 4.78 is 79.4. The topological polar surface area (TPSA) is 78.0 Å². The Balaban J connectivity index is 1.98. The number of rotatable bonds is 4. The molecule has 2 N–H and O–H groups in total. The van der Waals surface area contributed by atoms with Crippen molar-refractivity contribution in [1.29, 1.82) is 0 Å². The van der Waals surface area contributed by atoms with Gasteiger partial charge < -0.3 is 0 Å². The Hall–Kier alpha value is -1.16. The Bertz CT molecular complexity index is 790. The molecule has 3 rings (SSSR count). The van der Waals surface area contributed by atoms with Gasteiger partial charge in [-0.2, -0.15) is 18.3 Å². The van der Waals surface area contributed by atoms with E-state index in [2.05, 4.69) is 5.10 Å². The smallest absolute Gasteiger partial charge is 0.260 e. The van der Waals surface area contributed by atoms with Crippen molar-refractivity contribution in [2.75, 3.05) is 0 Å². The van der Waals surface area contributed by atoms with Crippen LogP contribution in [-0.2, 0) is 22.7 Å². The Morgan fingerprint density at radius 1 is 1.04 bits per heavy atom. The Morgan fingerprint density at radius 2 is 1.57 bits per heavy atom. The van der Waals surface area contributed by atoms with E-state index in [-0.39, 0.29) is 36.8 Å². The van der Waals surface area contributed by atoms with Crippen LogP contribution in [0.5, 0.6) is 0 Å². The lowest BCUT2D eigenvalue weighted by molar-refractivity contribution is -0.145. The number of primary sulfonamides is 1. The van der Waals surface area contributed by atoms with Crippen LogP contribution in [0, 0.1) is 0 Å². The monoisotopic (exact) mass is 425 g/mol. The summed E-state index contributed by atoms with van der Waals surface area (Å²) in [5.41, 5.74) is -0.0921. The minimum atomic E-state index is -4.54. The predicted molar refractivity (Wildman–Crippen MR) is 97.1 cm³/mol. The maximum atomic E-state index is 13.9. The molecule has 2 fully saturated rings. The van der Waals surface area contributed by atoms with Crippen LogP contribution in [0.25, 0.3) is 0 Å². The van der Waals surface area contributed by atoms with Gasteiger partial charge in [-0.3, -0.25) is 4.68 Å². The van der Waals surface area contributed by atoms with E-state index >= 15 is 0 Å². The lowest BCUT2D eigenvalue weighted by Crippen LogP contribution is -2.32. The zero-order valence-corrected chi connectivity index (χ0v) is 16.7. The molecule has 0 amide bonds. The molecule has 0 bridgehead atoms. The van der Waals surface area contributed by atoms with Crippen molar-refractivity contribution in [1.82, 2.24) is 9.78 Å². The van der Waals surface area contributed by atoms with Crippen LogP contribution >= 0.6 is 0 Å². The first-order valence-corrected chi connectivity index (χ1v) is 11.5. The van der Waals surface area contributed by atoms with E-state index in [0.717, 1.165) is 4.68 Å². The van der Waals surface area contributed by atoms with Crippen LogP contribution in [-0.4, -0.2) is 29.6 Å². The molecule has 1 aromatic rings. The second-order valence-corrected chi connectivity index (χ2v) is 9.82. The molecule has 28 heavy (non-hydrogen) atoms. The number of aryl methyl sites for hydroxylation is 1. The maximum Gasteiger partial charge on any atom is 0.433 e. The molecule has 0 aliphatic heterocycles. The third-order valence-electron chi connectivity index (χ3n) is 6.18. The second kappa shape index (κ2) is 7.93. The minimum Gasteiger partial charge on any atom is -0.260 e. The Labute approximate surface area is 162 Å². The summed E-state index contributed by atoms with van der Waals surface area (Å²) in [6, 6.07) is 0. The summed E-state index contributed by atoms with van der Waals surface area (Å²) in [5, 5.41) is 8.90. The summed E-state index contributed by atoms with van der Waals surface area (Å²) in [6.45, 7) is 1.71. The van der Waals surface area contributed by atoms with E-state index in [1.807, 2.05) is 0 Å². The zero-order valence-electron chi connectivity index (χ0n) is 15.9. The standard InChI is InChI=1S/C18H27F4N3O2S/c1-2-25-17(18(20,21)22)15(11-3-7-13(19)8-4-11)16(24-25)12-5-9-14(10-6-12)28(23,26)27/h11-14H,2-10H2,1H3,(H2,23,26,27). The SMILES string of the molecule is CCn1nc(C2CCC(S(N)(=O)=O)CC2)c(C2CCC(F)CC2)c1C(F)(F)F. The zero-order chi connectivity index (χ0) is 20.7. The molecular formula is C18H27F4N3O2S. The van der Waals surface area contributed by atoms with Crippen LogP contribution in [0.1, 0.15) is 87.1 Å². The fourth-order valence-electron chi connectivity index (χ4n) is 4.73. The number of nitrogens with two attached hydrogens (primary N) is 1. The lowest BCUT2D eigenvalue weighted by atomic mass is 9.77. The largest absolute Gasteiger partial charge is 0.433 e. The van der Waals surface area contributed by atoms with E-state index in [9.17, 15) is 26.0 Å². The Kier molecular flexibility index (Phi) is 6.10. The van der Waals surface area contributed by atoms with Gasteiger partial charge in [0.1, 0.15) is 11.9 Å². The van der Waals surface area contributed by atoms with Crippen LogP contribution in [0.2, 0.25) is 0 Å². The number of halogens is 4. The highest BCUT2D eigenvalue weighted by atomic mass is 32.2. The highest BCUT2D eigenvalue weighted by Crippen LogP contribution is 2.47. The summed E-state index contributed by atoms with van der Waals surface area (Å²) in [6.07, 6.45) is -2.72. The van der Waals surface area contributed by atoms with Gasteiger partial charge in [0.25, 0.3) is 0 Å². The minimum absolute atomic E-state index is 0.0901. The third-order valence-corrected chi connectivity index (χ3v) is 7.58. The van der Waals surface area contributed by atoms with Gasteiger partial charge in [0.15, 0.2) is 0 Å². The van der Waals surface area contributed by atoms with Crippen LogP contribution < -0.4 is 5.14 Å². The van der Waals surface area contributed by atoms with Gasteiger partial charge >= 0.3 is 6.18 Å². The maximum absolute atomic E-state index is 13.9. The first-order valence-electron chi connectivity index (χ1n) is 9.85. The predicted octanol–water partition coefficient (Wildman–Crippen LogP) is 4.23. The second-order valence-electron chi connectivity index (χ2n) is 7.97. The third kappa shape index (κ3) is 4.37. The van der Waals surface area contributed by atoms with Crippen molar-refractivity contribution < 1.29 is 26.0 Å². The van der Waals surface area contributed by atoms with Gasteiger partial charge in [-0.25, -0.2) is 17.9 Å². The summed E-state index contributed by atoms with van der Waals surface area (Å²) >= 11 is 0. The molecule has 0 aromatic carbocycles. The van der Waals surface area contributed by atoms with E-state index in [1.165, 1.54) is 0 Å². The van der Waals surface area contributed by atoms with Crippen molar-refractivity contribution in [3.8, 4) is 0 Å². The molecule has 10 heteroatoms. The molecular weight excluding hydrogens is 398 g/mol. The van der Waals surface area contributed by atoms with Gasteiger partial charge in [-0.15, -0.1) is 0 Å². The number of hydrogen-bond acceptors (Lipinski definition) is 3.